The van der Waals surface area contributed by atoms with Crippen LogP contribution in [0.2, 0.25) is 0 Å². The first-order chi connectivity index (χ1) is 5.77. The molecule has 1 aliphatic rings. The van der Waals surface area contributed by atoms with E-state index in [0.29, 0.717) is 0 Å². The van der Waals surface area contributed by atoms with Crippen molar-refractivity contribution in [2.75, 3.05) is 7.05 Å². The van der Waals surface area contributed by atoms with Crippen LogP contribution in [0.3, 0.4) is 0 Å². The Bertz CT molecular complexity index is 160. The van der Waals surface area contributed by atoms with Crippen LogP contribution in [0.4, 0.5) is 0 Å². The molecule has 1 rings (SSSR count). The van der Waals surface area contributed by atoms with Crippen molar-refractivity contribution >= 4 is 0 Å². The van der Waals surface area contributed by atoms with Crippen LogP contribution in [0.15, 0.2) is 11.8 Å². The number of allylic oxidation sites excluding steroid dienone is 2. The third-order valence-electron chi connectivity index (χ3n) is 3.15. The van der Waals surface area contributed by atoms with Crippen LogP contribution in [-0.4, -0.2) is 7.05 Å². The van der Waals surface area contributed by atoms with Crippen molar-refractivity contribution in [2.45, 2.75) is 39.5 Å². The summed E-state index contributed by atoms with van der Waals surface area (Å²) in [5.74, 6) is 1.79. The molecule has 0 saturated carbocycles. The first kappa shape index (κ1) is 9.63. The third kappa shape index (κ3) is 2.26. The maximum absolute atomic E-state index is 3.29. The van der Waals surface area contributed by atoms with Crippen molar-refractivity contribution in [3.63, 3.8) is 0 Å². The molecule has 0 aliphatic heterocycles. The van der Waals surface area contributed by atoms with E-state index >= 15 is 0 Å². The van der Waals surface area contributed by atoms with Gasteiger partial charge in [-0.1, -0.05) is 26.3 Å². The van der Waals surface area contributed by atoms with Crippen LogP contribution in [-0.2, 0) is 0 Å². The Kier molecular flexibility index (Phi) is 3.64. The first-order valence-electron chi connectivity index (χ1n) is 5.14. The monoisotopic (exact) mass is 167 g/mol. The van der Waals surface area contributed by atoms with Gasteiger partial charge < -0.3 is 5.32 Å². The number of hydrogen-bond acceptors (Lipinski definition) is 1. The first-order valence-corrected chi connectivity index (χ1v) is 5.14. The summed E-state index contributed by atoms with van der Waals surface area (Å²) in [6.07, 6.45) is 7.57. The molecule has 2 atom stereocenters. The molecule has 0 bridgehead atoms. The zero-order valence-corrected chi connectivity index (χ0v) is 8.56. The van der Waals surface area contributed by atoms with E-state index in [0.717, 1.165) is 11.8 Å². The van der Waals surface area contributed by atoms with Gasteiger partial charge >= 0.3 is 0 Å². The van der Waals surface area contributed by atoms with Crippen LogP contribution in [0.1, 0.15) is 39.5 Å². The molecule has 1 heteroatoms. The lowest BCUT2D eigenvalue weighted by Gasteiger charge is -2.20. The lowest BCUT2D eigenvalue weighted by molar-refractivity contribution is 0.333. The summed E-state index contributed by atoms with van der Waals surface area (Å²) in [5.41, 5.74) is 1.45. The smallest absolute Gasteiger partial charge is 0.00664 e. The van der Waals surface area contributed by atoms with Gasteiger partial charge in [-0.25, -0.2) is 0 Å². The van der Waals surface area contributed by atoms with Gasteiger partial charge in [0.25, 0.3) is 0 Å². The van der Waals surface area contributed by atoms with Crippen molar-refractivity contribution in [3.05, 3.63) is 11.8 Å². The van der Waals surface area contributed by atoms with Crippen LogP contribution in [0.5, 0.6) is 0 Å². The zero-order chi connectivity index (χ0) is 8.97. The van der Waals surface area contributed by atoms with Crippen molar-refractivity contribution in [1.82, 2.24) is 5.32 Å². The van der Waals surface area contributed by atoms with E-state index < -0.39 is 0 Å². The lowest BCUT2D eigenvalue weighted by atomic mass is 9.87. The fourth-order valence-corrected chi connectivity index (χ4v) is 2.07. The Labute approximate surface area is 76.2 Å². The van der Waals surface area contributed by atoms with Gasteiger partial charge in [-0.05, 0) is 31.1 Å². The van der Waals surface area contributed by atoms with Gasteiger partial charge in [0.05, 0.1) is 0 Å². The Hall–Kier alpha value is -0.460. The Morgan fingerprint density at radius 1 is 1.58 bits per heavy atom. The summed E-state index contributed by atoms with van der Waals surface area (Å²) in [4.78, 5) is 0. The molecular formula is C11H21N. The van der Waals surface area contributed by atoms with Crippen molar-refractivity contribution in [3.8, 4) is 0 Å². The van der Waals surface area contributed by atoms with Gasteiger partial charge in [-0.15, -0.1) is 0 Å². The molecule has 0 spiro atoms. The minimum absolute atomic E-state index is 0.895. The van der Waals surface area contributed by atoms with Crippen molar-refractivity contribution in [1.29, 1.82) is 0 Å². The third-order valence-corrected chi connectivity index (χ3v) is 3.15. The molecule has 1 aliphatic carbocycles. The molecule has 0 aromatic carbocycles. The molecule has 0 amide bonds. The summed E-state index contributed by atoms with van der Waals surface area (Å²) in [5, 5.41) is 3.29. The fourth-order valence-electron chi connectivity index (χ4n) is 2.07. The summed E-state index contributed by atoms with van der Waals surface area (Å²) in [7, 11) is 2.04. The average molecular weight is 167 g/mol. The molecule has 0 aromatic rings. The highest BCUT2D eigenvalue weighted by atomic mass is 14.8. The average Bonchev–Trinajstić information content (AvgIpc) is 2.27. The van der Waals surface area contributed by atoms with Gasteiger partial charge in [-0.3, -0.25) is 0 Å². The predicted octanol–water partition coefficient (Wildman–Crippen LogP) is 2.94. The highest BCUT2D eigenvalue weighted by molar-refractivity contribution is 5.02. The quantitative estimate of drug-likeness (QED) is 0.666. The number of hydrogen-bond donors (Lipinski definition) is 1. The molecule has 12 heavy (non-hydrogen) atoms. The largest absolute Gasteiger partial charge is 0.392 e. The summed E-state index contributed by atoms with van der Waals surface area (Å²) < 4.78 is 0. The maximum Gasteiger partial charge on any atom is 0.00664 e. The fraction of sp³-hybridized carbons (Fsp3) is 0.818. The summed E-state index contributed by atoms with van der Waals surface area (Å²) in [6, 6.07) is 0. The van der Waals surface area contributed by atoms with E-state index in [1.165, 1.54) is 31.4 Å². The van der Waals surface area contributed by atoms with Crippen LogP contribution in [0.25, 0.3) is 0 Å². The highest BCUT2D eigenvalue weighted by Crippen LogP contribution is 2.29. The molecule has 0 aromatic heterocycles. The van der Waals surface area contributed by atoms with Crippen LogP contribution >= 0.6 is 0 Å². The van der Waals surface area contributed by atoms with Gasteiger partial charge in [0.15, 0.2) is 0 Å². The molecule has 0 radical (unpaired) electrons. The molecule has 0 heterocycles. The SMILES string of the molecule is CCC1CC(NC)=CCC[C@H]1C. The van der Waals surface area contributed by atoms with E-state index in [1.807, 2.05) is 7.05 Å². The molecule has 0 saturated heterocycles. The predicted molar refractivity (Wildman–Crippen MR) is 53.9 cm³/mol. The van der Waals surface area contributed by atoms with Gasteiger partial charge in [0.1, 0.15) is 0 Å². The summed E-state index contributed by atoms with van der Waals surface area (Å²) in [6.45, 7) is 4.69. The molecule has 1 N–H and O–H groups in total. The van der Waals surface area contributed by atoms with Crippen LogP contribution < -0.4 is 5.32 Å². The molecule has 70 valence electrons. The number of rotatable bonds is 2. The van der Waals surface area contributed by atoms with E-state index in [1.54, 1.807) is 0 Å². The Morgan fingerprint density at radius 2 is 2.33 bits per heavy atom. The molecule has 0 fully saturated rings. The van der Waals surface area contributed by atoms with E-state index in [2.05, 4.69) is 25.2 Å². The zero-order valence-electron chi connectivity index (χ0n) is 8.56. The van der Waals surface area contributed by atoms with E-state index in [4.69, 9.17) is 0 Å². The van der Waals surface area contributed by atoms with Gasteiger partial charge in [0, 0.05) is 12.7 Å². The molecular weight excluding hydrogens is 146 g/mol. The summed E-state index contributed by atoms with van der Waals surface area (Å²) >= 11 is 0. The van der Waals surface area contributed by atoms with E-state index in [-0.39, 0.29) is 0 Å². The second-order valence-corrected chi connectivity index (χ2v) is 3.91. The van der Waals surface area contributed by atoms with Crippen molar-refractivity contribution in [2.24, 2.45) is 11.8 Å². The molecule has 1 unspecified atom stereocenters. The Balaban J connectivity index is 2.57. The standard InChI is InChI=1S/C11H21N/c1-4-10-8-11(12-3)7-5-6-9(10)2/h7,9-10,12H,4-6,8H2,1-3H3/t9-,10?/m1/s1. The minimum Gasteiger partial charge on any atom is -0.392 e. The second kappa shape index (κ2) is 4.54. The van der Waals surface area contributed by atoms with Gasteiger partial charge in [-0.2, -0.15) is 0 Å². The Morgan fingerprint density at radius 3 is 2.92 bits per heavy atom. The minimum atomic E-state index is 0.895. The van der Waals surface area contributed by atoms with Crippen molar-refractivity contribution < 1.29 is 0 Å². The highest BCUT2D eigenvalue weighted by Gasteiger charge is 2.18. The van der Waals surface area contributed by atoms with E-state index in [9.17, 15) is 0 Å². The van der Waals surface area contributed by atoms with Gasteiger partial charge in [0.2, 0.25) is 0 Å². The molecule has 1 nitrogen and oxygen atoms in total. The second-order valence-electron chi connectivity index (χ2n) is 3.91. The lowest BCUT2D eigenvalue weighted by Crippen LogP contribution is -2.14. The number of nitrogens with one attached hydrogen (secondary N) is 1. The van der Waals surface area contributed by atoms with Crippen LogP contribution in [0, 0.1) is 11.8 Å². The normalized spacial score (nSPS) is 30.8. The topological polar surface area (TPSA) is 12.0 Å². The maximum atomic E-state index is 3.29.